The van der Waals surface area contributed by atoms with Gasteiger partial charge in [0.05, 0.1) is 5.69 Å². The highest BCUT2D eigenvalue weighted by molar-refractivity contribution is 6.67. The van der Waals surface area contributed by atoms with Gasteiger partial charge >= 0.3 is 5.37 Å². The van der Waals surface area contributed by atoms with Crippen molar-refractivity contribution in [2.75, 3.05) is 4.90 Å². The number of benzene rings is 1. The first kappa shape index (κ1) is 12.8. The standard InChI is InChI=1S/C15H11ClN2O2/c1-9-4-5-11-12(7-9)18(15(16)20)14-10(8-13(11)19)3-2-6-17-14/h2-7H,8H2,1H3. The number of fused-ring (bicyclic) bond motifs is 2. The topological polar surface area (TPSA) is 50.3 Å². The molecule has 20 heavy (non-hydrogen) atoms. The molecule has 1 aliphatic rings. The lowest BCUT2D eigenvalue weighted by molar-refractivity contribution is 0.0994. The minimum atomic E-state index is -0.675. The molecule has 2 heterocycles. The number of carbonyl (C=O) groups excluding carboxylic acids is 2. The summed E-state index contributed by atoms with van der Waals surface area (Å²) in [7, 11) is 0. The fourth-order valence-electron chi connectivity index (χ4n) is 2.39. The Kier molecular flexibility index (Phi) is 3.03. The van der Waals surface area contributed by atoms with E-state index in [9.17, 15) is 9.59 Å². The molecule has 0 fully saturated rings. The molecule has 0 N–H and O–H groups in total. The van der Waals surface area contributed by atoms with Gasteiger partial charge in [-0.25, -0.2) is 4.98 Å². The van der Waals surface area contributed by atoms with Crippen molar-refractivity contribution >= 4 is 34.3 Å². The second-order valence-corrected chi connectivity index (χ2v) is 5.02. The summed E-state index contributed by atoms with van der Waals surface area (Å²) < 4.78 is 0. The lowest BCUT2D eigenvalue weighted by Gasteiger charge is -2.20. The number of halogens is 1. The van der Waals surface area contributed by atoms with E-state index in [1.54, 1.807) is 30.5 Å². The number of Topliss-reactive ketones (excluding diaryl/α,β-unsaturated/α-hetero) is 1. The van der Waals surface area contributed by atoms with Crippen LogP contribution >= 0.6 is 11.6 Å². The molecule has 0 saturated heterocycles. The van der Waals surface area contributed by atoms with E-state index in [0.717, 1.165) is 5.56 Å². The Balaban J connectivity index is 2.33. The van der Waals surface area contributed by atoms with Crippen molar-refractivity contribution in [3.8, 4) is 0 Å². The molecule has 100 valence electrons. The minimum Gasteiger partial charge on any atom is -0.294 e. The number of ketones is 1. The first-order valence-corrected chi connectivity index (χ1v) is 6.53. The van der Waals surface area contributed by atoms with Gasteiger partial charge in [0.15, 0.2) is 5.78 Å². The third-order valence-electron chi connectivity index (χ3n) is 3.30. The summed E-state index contributed by atoms with van der Waals surface area (Å²) in [6.45, 7) is 1.89. The molecule has 0 spiro atoms. The van der Waals surface area contributed by atoms with Crippen LogP contribution in [-0.4, -0.2) is 16.1 Å². The normalized spacial score (nSPS) is 13.5. The maximum atomic E-state index is 12.3. The van der Waals surface area contributed by atoms with Crippen LogP contribution in [0, 0.1) is 6.92 Å². The Morgan fingerprint density at radius 1 is 1.35 bits per heavy atom. The highest BCUT2D eigenvalue weighted by Gasteiger charge is 2.29. The van der Waals surface area contributed by atoms with Gasteiger partial charge in [0.1, 0.15) is 5.82 Å². The third kappa shape index (κ3) is 1.98. The van der Waals surface area contributed by atoms with Gasteiger partial charge in [0.2, 0.25) is 0 Å². The quantitative estimate of drug-likeness (QED) is 0.549. The maximum absolute atomic E-state index is 12.3. The highest BCUT2D eigenvalue weighted by atomic mass is 35.5. The molecule has 1 aromatic carbocycles. The number of carbonyl (C=O) groups is 2. The van der Waals surface area contributed by atoms with Gasteiger partial charge in [0.25, 0.3) is 0 Å². The molecule has 0 saturated carbocycles. The molecule has 0 unspecified atom stereocenters. The molecule has 4 nitrogen and oxygen atoms in total. The number of amides is 1. The number of hydrogen-bond acceptors (Lipinski definition) is 3. The van der Waals surface area contributed by atoms with E-state index in [1.165, 1.54) is 4.90 Å². The molecule has 2 aromatic rings. The Morgan fingerprint density at radius 2 is 2.15 bits per heavy atom. The zero-order valence-electron chi connectivity index (χ0n) is 10.8. The summed E-state index contributed by atoms with van der Waals surface area (Å²) in [6.07, 6.45) is 1.79. The molecule has 0 bridgehead atoms. The van der Waals surface area contributed by atoms with Gasteiger partial charge in [0, 0.05) is 23.7 Å². The summed E-state index contributed by atoms with van der Waals surface area (Å²) in [5, 5.41) is -0.675. The largest absolute Gasteiger partial charge is 0.326 e. The van der Waals surface area contributed by atoms with Crippen molar-refractivity contribution in [3.63, 3.8) is 0 Å². The predicted octanol–water partition coefficient (Wildman–Crippen LogP) is 3.63. The van der Waals surface area contributed by atoms with E-state index in [-0.39, 0.29) is 12.2 Å². The molecule has 0 aliphatic carbocycles. The SMILES string of the molecule is Cc1ccc2c(c1)N(C(=O)Cl)c1ncccc1CC2=O. The number of pyridine rings is 1. The number of rotatable bonds is 0. The fraction of sp³-hybridized carbons (Fsp3) is 0.133. The predicted molar refractivity (Wildman–Crippen MR) is 76.8 cm³/mol. The lowest BCUT2D eigenvalue weighted by atomic mass is 10.0. The summed E-state index contributed by atoms with van der Waals surface area (Å²) in [5.74, 6) is 0.375. The van der Waals surface area contributed by atoms with Crippen LogP contribution in [0.25, 0.3) is 0 Å². The average molecular weight is 287 g/mol. The van der Waals surface area contributed by atoms with Crippen LogP contribution in [0.5, 0.6) is 0 Å². The molecule has 0 radical (unpaired) electrons. The van der Waals surface area contributed by atoms with Crippen LogP contribution in [-0.2, 0) is 6.42 Å². The molecule has 3 rings (SSSR count). The minimum absolute atomic E-state index is 0.0466. The zero-order valence-corrected chi connectivity index (χ0v) is 11.5. The van der Waals surface area contributed by atoms with Crippen molar-refractivity contribution < 1.29 is 9.59 Å². The van der Waals surface area contributed by atoms with Crippen molar-refractivity contribution in [1.82, 2.24) is 4.98 Å². The highest BCUT2D eigenvalue weighted by Crippen LogP contribution is 2.36. The summed E-state index contributed by atoms with van der Waals surface area (Å²) >= 11 is 5.72. The van der Waals surface area contributed by atoms with Crippen molar-refractivity contribution in [2.45, 2.75) is 13.3 Å². The number of hydrogen-bond donors (Lipinski definition) is 0. The van der Waals surface area contributed by atoms with Gasteiger partial charge < -0.3 is 0 Å². The molecule has 5 heteroatoms. The monoisotopic (exact) mass is 286 g/mol. The molecule has 1 aromatic heterocycles. The molecule has 1 amide bonds. The Labute approximate surface area is 121 Å². The number of aromatic nitrogens is 1. The van der Waals surface area contributed by atoms with Gasteiger partial charge in [-0.3, -0.25) is 14.5 Å². The van der Waals surface area contributed by atoms with E-state index in [1.807, 2.05) is 13.0 Å². The maximum Gasteiger partial charge on any atom is 0.326 e. The first-order chi connectivity index (χ1) is 9.58. The zero-order chi connectivity index (χ0) is 14.3. The van der Waals surface area contributed by atoms with Crippen LogP contribution in [0.15, 0.2) is 36.5 Å². The Hall–Kier alpha value is -2.20. The number of aryl methyl sites for hydroxylation is 1. The van der Waals surface area contributed by atoms with Crippen molar-refractivity contribution in [2.24, 2.45) is 0 Å². The number of anilines is 2. The van der Waals surface area contributed by atoms with Gasteiger partial charge in [-0.1, -0.05) is 12.1 Å². The van der Waals surface area contributed by atoms with Crippen molar-refractivity contribution in [3.05, 3.63) is 53.2 Å². The number of nitrogens with zero attached hydrogens (tertiary/aromatic N) is 2. The van der Waals surface area contributed by atoms with E-state index in [4.69, 9.17) is 11.6 Å². The van der Waals surface area contributed by atoms with E-state index in [2.05, 4.69) is 4.98 Å². The smallest absolute Gasteiger partial charge is 0.294 e. The van der Waals surface area contributed by atoms with Crippen LogP contribution in [0.2, 0.25) is 0 Å². The first-order valence-electron chi connectivity index (χ1n) is 6.15. The van der Waals surface area contributed by atoms with Crippen LogP contribution in [0.4, 0.5) is 16.3 Å². The second-order valence-electron chi connectivity index (χ2n) is 4.70. The summed E-state index contributed by atoms with van der Waals surface area (Å²) in [5.41, 5.74) is 2.62. The summed E-state index contributed by atoms with van der Waals surface area (Å²) in [4.78, 5) is 29.7. The Bertz CT molecular complexity index is 728. The Morgan fingerprint density at radius 3 is 2.90 bits per heavy atom. The lowest BCUT2D eigenvalue weighted by Crippen LogP contribution is -2.22. The fourth-order valence-corrected chi connectivity index (χ4v) is 2.56. The van der Waals surface area contributed by atoms with E-state index in [0.29, 0.717) is 22.6 Å². The molecular formula is C15H11ClN2O2. The molecule has 1 aliphatic heterocycles. The summed E-state index contributed by atoms with van der Waals surface area (Å²) in [6, 6.07) is 8.87. The van der Waals surface area contributed by atoms with Crippen LogP contribution in [0.1, 0.15) is 21.5 Å². The molecular weight excluding hydrogens is 276 g/mol. The van der Waals surface area contributed by atoms with Crippen molar-refractivity contribution in [1.29, 1.82) is 0 Å². The third-order valence-corrected chi connectivity index (χ3v) is 3.47. The second kappa shape index (κ2) is 4.72. The molecule has 0 atom stereocenters. The van der Waals surface area contributed by atoms with Crippen LogP contribution < -0.4 is 4.90 Å². The average Bonchev–Trinajstić information content (AvgIpc) is 2.52. The van der Waals surface area contributed by atoms with Gasteiger partial charge in [-0.2, -0.15) is 0 Å². The van der Waals surface area contributed by atoms with E-state index >= 15 is 0 Å². The van der Waals surface area contributed by atoms with E-state index < -0.39 is 5.37 Å². The van der Waals surface area contributed by atoms with Gasteiger partial charge in [-0.15, -0.1) is 0 Å². The van der Waals surface area contributed by atoms with Crippen LogP contribution in [0.3, 0.4) is 0 Å². The van der Waals surface area contributed by atoms with Gasteiger partial charge in [-0.05, 0) is 42.3 Å².